The summed E-state index contributed by atoms with van der Waals surface area (Å²) in [5.74, 6) is 0. The molecule has 14 heavy (non-hydrogen) atoms. The van der Waals surface area contributed by atoms with E-state index in [2.05, 4.69) is 4.31 Å². The van der Waals surface area contributed by atoms with E-state index in [-0.39, 0.29) is 88.9 Å². The van der Waals surface area contributed by atoms with E-state index in [9.17, 15) is 9.13 Å². The Morgan fingerprint density at radius 1 is 0.786 bits per heavy atom. The van der Waals surface area contributed by atoms with Crippen LogP contribution in [0.1, 0.15) is 0 Å². The second-order valence-electron chi connectivity index (χ2n) is 1.06. The third-order valence-electron chi connectivity index (χ3n) is 0.213. The van der Waals surface area contributed by atoms with E-state index in [1.54, 1.807) is 0 Å². The molecule has 0 aliphatic rings. The van der Waals surface area contributed by atoms with Gasteiger partial charge >= 0.3 is 53.4 Å². The van der Waals surface area contributed by atoms with Crippen LogP contribution in [0.2, 0.25) is 0 Å². The first-order valence-electron chi connectivity index (χ1n) is 1.53. The molecule has 0 rings (SSSR count). The summed E-state index contributed by atoms with van der Waals surface area (Å²) in [5.41, 5.74) is 0. The van der Waals surface area contributed by atoms with Crippen molar-refractivity contribution in [2.45, 2.75) is 0 Å². The SMILES string of the molecule is O=P(O)(O)OP(=O)(O)O.[Fe].[LiH].[LiH].[Mn].[Mn]. The van der Waals surface area contributed by atoms with Crippen molar-refractivity contribution in [2.24, 2.45) is 0 Å². The summed E-state index contributed by atoms with van der Waals surface area (Å²) in [5, 5.41) is 0. The normalized spacial score (nSPS) is 8.86. The van der Waals surface area contributed by atoms with Crippen LogP contribution in [0.4, 0.5) is 0 Å². The fraction of sp³-hybridized carbons (Fsp3) is 0. The van der Waals surface area contributed by atoms with E-state index in [1.165, 1.54) is 0 Å². The average Bonchev–Trinajstić information content (AvgIpc) is 1.14. The molecule has 0 aromatic rings. The van der Waals surface area contributed by atoms with Gasteiger partial charge in [-0.2, -0.15) is 4.31 Å². The first-order valence-corrected chi connectivity index (χ1v) is 4.59. The summed E-state index contributed by atoms with van der Waals surface area (Å²) in [6.07, 6.45) is 0. The Bertz CT molecular complexity index is 168. The number of phosphoric acid groups is 2. The Labute approximate surface area is 136 Å². The van der Waals surface area contributed by atoms with E-state index in [0.717, 1.165) is 0 Å². The summed E-state index contributed by atoms with van der Waals surface area (Å²) in [7, 11) is -10.1. The van der Waals surface area contributed by atoms with Crippen LogP contribution < -0.4 is 0 Å². The summed E-state index contributed by atoms with van der Waals surface area (Å²) < 4.78 is 22.2. The average molecular weight is 360 g/mol. The second kappa shape index (κ2) is 14.1. The molecule has 0 saturated heterocycles. The van der Waals surface area contributed by atoms with Gasteiger partial charge in [0.2, 0.25) is 0 Å². The first-order chi connectivity index (χ1) is 3.71. The van der Waals surface area contributed by atoms with Crippen molar-refractivity contribution in [3.63, 3.8) is 0 Å². The van der Waals surface area contributed by atoms with Crippen molar-refractivity contribution in [3.8, 4) is 0 Å². The number of hydrogen-bond donors (Lipinski definition) is 4. The first kappa shape index (κ1) is 36.0. The predicted molar refractivity (Wildman–Crippen MR) is 39.5 cm³/mol. The molecule has 0 atom stereocenters. The van der Waals surface area contributed by atoms with Gasteiger partial charge in [-0.05, 0) is 0 Å². The van der Waals surface area contributed by atoms with Crippen molar-refractivity contribution in [3.05, 3.63) is 0 Å². The molecular formula is H6FeLi2Mn2O7P2. The zero-order valence-electron chi connectivity index (χ0n) is 5.02. The van der Waals surface area contributed by atoms with Gasteiger partial charge in [0.25, 0.3) is 0 Å². The Hall–Kier alpha value is 3.01. The van der Waals surface area contributed by atoms with Crippen LogP contribution in [0.5, 0.6) is 0 Å². The molecular weight excluding hydrogens is 354 g/mol. The van der Waals surface area contributed by atoms with Crippen molar-refractivity contribution in [1.82, 2.24) is 0 Å². The molecule has 0 aliphatic heterocycles. The standard InChI is InChI=1S/Fe.2Li.2Mn.H4O7P2.2H/c;;;;;1-8(2,3)7-9(4,5)6;;/h;;;;;(H2,1,2,3)(H2,4,5,6);;. The Kier molecular flexibility index (Phi) is 36.2. The molecule has 0 unspecified atom stereocenters. The molecule has 0 bridgehead atoms. The monoisotopic (exact) mass is 360 g/mol. The zero-order valence-corrected chi connectivity index (χ0v) is 10.3. The van der Waals surface area contributed by atoms with Gasteiger partial charge in [-0.15, -0.1) is 0 Å². The minimum atomic E-state index is -5.05. The molecule has 0 aliphatic carbocycles. The van der Waals surface area contributed by atoms with E-state index in [4.69, 9.17) is 19.6 Å². The molecule has 0 heterocycles. The summed E-state index contributed by atoms with van der Waals surface area (Å²) >= 11 is 0. The van der Waals surface area contributed by atoms with Gasteiger partial charge < -0.3 is 19.6 Å². The van der Waals surface area contributed by atoms with Crippen LogP contribution in [0.25, 0.3) is 0 Å². The summed E-state index contributed by atoms with van der Waals surface area (Å²) in [4.78, 5) is 31.0. The van der Waals surface area contributed by atoms with Gasteiger partial charge in [-0.1, -0.05) is 0 Å². The molecule has 82 valence electrons. The smallest absolute Gasteiger partial charge is 0 e. The molecule has 0 aromatic heterocycles. The van der Waals surface area contributed by atoms with Gasteiger partial charge in [0.1, 0.15) is 0 Å². The van der Waals surface area contributed by atoms with E-state index < -0.39 is 15.6 Å². The third-order valence-corrected chi connectivity index (χ3v) is 1.91. The van der Waals surface area contributed by atoms with Crippen molar-refractivity contribution in [2.75, 3.05) is 0 Å². The van der Waals surface area contributed by atoms with Gasteiger partial charge in [0, 0.05) is 51.2 Å². The van der Waals surface area contributed by atoms with Crippen LogP contribution in [-0.4, -0.2) is 57.3 Å². The molecule has 0 amide bonds. The molecule has 14 heteroatoms. The molecule has 0 saturated carbocycles. The van der Waals surface area contributed by atoms with Gasteiger partial charge in [0.15, 0.2) is 0 Å². The van der Waals surface area contributed by atoms with Gasteiger partial charge in [-0.3, -0.25) is 0 Å². The van der Waals surface area contributed by atoms with E-state index in [1.807, 2.05) is 0 Å². The largest absolute Gasteiger partial charge is 0 e. The Morgan fingerprint density at radius 3 is 0.929 bits per heavy atom. The molecule has 0 fully saturated rings. The molecule has 2 radical (unpaired) electrons. The van der Waals surface area contributed by atoms with Crippen LogP contribution in [0.3, 0.4) is 0 Å². The van der Waals surface area contributed by atoms with Crippen molar-refractivity contribution in [1.29, 1.82) is 0 Å². The topological polar surface area (TPSA) is 124 Å². The third kappa shape index (κ3) is 36.3. The maximum absolute atomic E-state index is 9.63. The summed E-state index contributed by atoms with van der Waals surface area (Å²) in [6.45, 7) is 0. The van der Waals surface area contributed by atoms with Crippen molar-refractivity contribution < 1.29 is 84.2 Å². The Morgan fingerprint density at radius 2 is 0.929 bits per heavy atom. The van der Waals surface area contributed by atoms with E-state index in [0.29, 0.717) is 0 Å². The fourth-order valence-electron chi connectivity index (χ4n) is 0.139. The van der Waals surface area contributed by atoms with Gasteiger partial charge in [0.05, 0.1) is 0 Å². The zero-order chi connectivity index (χ0) is 7.71. The fourth-order valence-corrected chi connectivity index (χ4v) is 1.25. The van der Waals surface area contributed by atoms with E-state index >= 15 is 0 Å². The Balaban J connectivity index is -0.0000000320. The van der Waals surface area contributed by atoms with Crippen LogP contribution in [0.15, 0.2) is 0 Å². The number of hydrogen-bond acceptors (Lipinski definition) is 3. The van der Waals surface area contributed by atoms with Crippen LogP contribution in [-0.2, 0) is 64.6 Å². The molecule has 7 nitrogen and oxygen atoms in total. The predicted octanol–water partition coefficient (Wildman–Crippen LogP) is -2.12. The number of rotatable bonds is 2. The van der Waals surface area contributed by atoms with Crippen LogP contribution >= 0.6 is 15.6 Å². The van der Waals surface area contributed by atoms with Gasteiger partial charge in [-0.25, -0.2) is 9.13 Å². The molecule has 0 spiro atoms. The minimum absolute atomic E-state index is 0. The molecule has 4 N–H and O–H groups in total. The van der Waals surface area contributed by atoms with Crippen molar-refractivity contribution >= 4 is 53.4 Å². The molecule has 0 aromatic carbocycles. The quantitative estimate of drug-likeness (QED) is 0.328. The minimum Gasteiger partial charge on any atom is 0 e. The van der Waals surface area contributed by atoms with Crippen LogP contribution in [0, 0.1) is 0 Å². The summed E-state index contributed by atoms with van der Waals surface area (Å²) in [6, 6.07) is 0. The second-order valence-corrected chi connectivity index (χ2v) is 3.68. The maximum atomic E-state index is 9.63. The maximum Gasteiger partial charge on any atom is 0 e.